The Morgan fingerprint density at radius 3 is 2.80 bits per heavy atom. The average molecular weight is 230 g/mol. The molecule has 15 heavy (non-hydrogen) atoms. The maximum atomic E-state index is 11.9. The third-order valence-corrected chi connectivity index (χ3v) is 5.07. The van der Waals surface area contributed by atoms with Crippen LogP contribution in [-0.2, 0) is 15.5 Å². The molecular formula is C12H22O2S. The maximum absolute atomic E-state index is 11.9. The van der Waals surface area contributed by atoms with Gasteiger partial charge in [-0.15, -0.1) is 0 Å². The van der Waals surface area contributed by atoms with E-state index in [9.17, 15) is 4.21 Å². The van der Waals surface area contributed by atoms with Crippen molar-refractivity contribution in [3.8, 4) is 0 Å². The average Bonchev–Trinajstić information content (AvgIpc) is 2.18. The highest BCUT2D eigenvalue weighted by molar-refractivity contribution is 7.86. The van der Waals surface area contributed by atoms with Crippen LogP contribution in [0, 0.1) is 0 Å². The molecule has 1 fully saturated rings. The molecule has 0 amide bonds. The van der Waals surface area contributed by atoms with Crippen LogP contribution in [0.4, 0.5) is 0 Å². The van der Waals surface area contributed by atoms with Crippen molar-refractivity contribution in [1.29, 1.82) is 0 Å². The van der Waals surface area contributed by atoms with E-state index < -0.39 is 10.8 Å². The lowest BCUT2D eigenvalue weighted by Crippen LogP contribution is -2.36. The number of rotatable bonds is 4. The molecule has 0 radical (unpaired) electrons. The van der Waals surface area contributed by atoms with Gasteiger partial charge in [0.1, 0.15) is 0 Å². The highest BCUT2D eigenvalue weighted by atomic mass is 32.2. The second-order valence-corrected chi connectivity index (χ2v) is 6.86. The van der Waals surface area contributed by atoms with E-state index in [0.717, 1.165) is 25.0 Å². The van der Waals surface area contributed by atoms with Crippen molar-refractivity contribution in [2.75, 3.05) is 12.4 Å². The second kappa shape index (κ2) is 5.69. The van der Waals surface area contributed by atoms with Crippen molar-refractivity contribution in [2.24, 2.45) is 0 Å². The van der Waals surface area contributed by atoms with Crippen LogP contribution >= 0.6 is 0 Å². The zero-order valence-corrected chi connectivity index (χ0v) is 10.9. The van der Waals surface area contributed by atoms with Crippen molar-refractivity contribution >= 4 is 10.8 Å². The quantitative estimate of drug-likeness (QED) is 0.548. The molecule has 0 saturated carbocycles. The third-order valence-electron chi connectivity index (χ3n) is 2.90. The first-order chi connectivity index (χ1) is 7.04. The van der Waals surface area contributed by atoms with Crippen LogP contribution in [0.15, 0.2) is 11.8 Å². The van der Waals surface area contributed by atoms with E-state index in [1.807, 2.05) is 13.8 Å². The Morgan fingerprint density at radius 2 is 2.20 bits per heavy atom. The summed E-state index contributed by atoms with van der Waals surface area (Å²) >= 11 is 0. The first-order valence-electron chi connectivity index (χ1n) is 5.68. The SMILES string of the molecule is CC(C)=COCCC1(C)CCCCS1=O. The molecule has 0 bridgehead atoms. The van der Waals surface area contributed by atoms with Crippen molar-refractivity contribution in [2.45, 2.75) is 51.2 Å². The predicted molar refractivity (Wildman–Crippen MR) is 65.3 cm³/mol. The van der Waals surface area contributed by atoms with Gasteiger partial charge in [0.25, 0.3) is 0 Å². The molecule has 88 valence electrons. The lowest BCUT2D eigenvalue weighted by atomic mass is 9.99. The fourth-order valence-electron chi connectivity index (χ4n) is 1.83. The Morgan fingerprint density at radius 1 is 1.47 bits per heavy atom. The minimum absolute atomic E-state index is 0.00621. The lowest BCUT2D eigenvalue weighted by Gasteiger charge is -2.32. The minimum atomic E-state index is -0.658. The van der Waals surface area contributed by atoms with Gasteiger partial charge in [-0.2, -0.15) is 0 Å². The first kappa shape index (κ1) is 12.8. The summed E-state index contributed by atoms with van der Waals surface area (Å²) in [6, 6.07) is 0. The van der Waals surface area contributed by atoms with Crippen LogP contribution in [0.2, 0.25) is 0 Å². The lowest BCUT2D eigenvalue weighted by molar-refractivity contribution is 0.224. The molecule has 0 N–H and O–H groups in total. The van der Waals surface area contributed by atoms with Gasteiger partial charge in [-0.1, -0.05) is 6.42 Å². The fraction of sp³-hybridized carbons (Fsp3) is 0.833. The molecule has 3 heteroatoms. The van der Waals surface area contributed by atoms with Crippen LogP contribution in [0.25, 0.3) is 0 Å². The number of ether oxygens (including phenoxy) is 1. The third kappa shape index (κ3) is 3.98. The van der Waals surface area contributed by atoms with E-state index in [2.05, 4.69) is 6.92 Å². The van der Waals surface area contributed by atoms with Gasteiger partial charge in [0.15, 0.2) is 0 Å². The summed E-state index contributed by atoms with van der Waals surface area (Å²) in [7, 11) is -0.658. The smallest absolute Gasteiger partial charge is 0.0887 e. The topological polar surface area (TPSA) is 26.3 Å². The molecule has 0 aliphatic carbocycles. The van der Waals surface area contributed by atoms with Crippen molar-refractivity contribution < 1.29 is 8.95 Å². The molecule has 0 aromatic heterocycles. The van der Waals surface area contributed by atoms with E-state index >= 15 is 0 Å². The van der Waals surface area contributed by atoms with Gasteiger partial charge < -0.3 is 4.74 Å². The summed E-state index contributed by atoms with van der Waals surface area (Å²) in [6.45, 7) is 6.85. The molecule has 0 aromatic rings. The van der Waals surface area contributed by atoms with Crippen LogP contribution in [0.3, 0.4) is 0 Å². The van der Waals surface area contributed by atoms with Crippen LogP contribution < -0.4 is 0 Å². The van der Waals surface area contributed by atoms with Gasteiger partial charge >= 0.3 is 0 Å². The number of allylic oxidation sites excluding steroid dienone is 1. The van der Waals surface area contributed by atoms with E-state index in [0.29, 0.717) is 6.61 Å². The molecule has 2 atom stereocenters. The van der Waals surface area contributed by atoms with Gasteiger partial charge in [0.2, 0.25) is 0 Å². The Labute approximate surface area is 95.5 Å². The highest BCUT2D eigenvalue weighted by Gasteiger charge is 2.33. The van der Waals surface area contributed by atoms with Crippen molar-refractivity contribution in [3.05, 3.63) is 11.8 Å². The largest absolute Gasteiger partial charge is 0.501 e. The first-order valence-corrected chi connectivity index (χ1v) is 7.00. The monoisotopic (exact) mass is 230 g/mol. The molecule has 1 saturated heterocycles. The van der Waals surface area contributed by atoms with E-state index in [1.165, 1.54) is 12.0 Å². The minimum Gasteiger partial charge on any atom is -0.501 e. The van der Waals surface area contributed by atoms with Crippen LogP contribution in [-0.4, -0.2) is 21.3 Å². The standard InChI is InChI=1S/C12H22O2S/c1-11(2)10-14-8-7-12(3)6-4-5-9-15(12)13/h10H,4-9H2,1-3H3. The van der Waals surface area contributed by atoms with Crippen LogP contribution in [0.5, 0.6) is 0 Å². The highest BCUT2D eigenvalue weighted by Crippen LogP contribution is 2.30. The fourth-order valence-corrected chi connectivity index (χ4v) is 3.47. The predicted octanol–water partition coefficient (Wildman–Crippen LogP) is 3.01. The summed E-state index contributed by atoms with van der Waals surface area (Å²) in [5.74, 6) is 0.874. The summed E-state index contributed by atoms with van der Waals surface area (Å²) in [5.41, 5.74) is 1.17. The normalized spacial score (nSPS) is 31.0. The molecule has 1 aliphatic rings. The van der Waals surface area contributed by atoms with Crippen molar-refractivity contribution in [3.63, 3.8) is 0 Å². The number of hydrogen-bond donors (Lipinski definition) is 0. The summed E-state index contributed by atoms with van der Waals surface area (Å²) < 4.78 is 17.3. The molecule has 0 spiro atoms. The van der Waals surface area contributed by atoms with E-state index in [-0.39, 0.29) is 4.75 Å². The molecule has 1 heterocycles. The van der Waals surface area contributed by atoms with Gasteiger partial charge in [0.05, 0.1) is 12.9 Å². The summed E-state index contributed by atoms with van der Waals surface area (Å²) in [5, 5.41) is 0. The molecular weight excluding hydrogens is 208 g/mol. The van der Waals surface area contributed by atoms with Crippen molar-refractivity contribution in [1.82, 2.24) is 0 Å². The van der Waals surface area contributed by atoms with E-state index in [1.54, 1.807) is 6.26 Å². The zero-order chi connectivity index (χ0) is 11.3. The van der Waals surface area contributed by atoms with Gasteiger partial charge in [-0.3, -0.25) is 4.21 Å². The molecule has 1 aliphatic heterocycles. The number of hydrogen-bond acceptors (Lipinski definition) is 2. The van der Waals surface area contributed by atoms with Gasteiger partial charge in [-0.05, 0) is 45.6 Å². The Bertz CT molecular complexity index is 256. The summed E-state index contributed by atoms with van der Waals surface area (Å²) in [6.07, 6.45) is 6.11. The molecule has 2 unspecified atom stereocenters. The maximum Gasteiger partial charge on any atom is 0.0887 e. The van der Waals surface area contributed by atoms with E-state index in [4.69, 9.17) is 4.74 Å². The van der Waals surface area contributed by atoms with Gasteiger partial charge in [-0.25, -0.2) is 0 Å². The van der Waals surface area contributed by atoms with Gasteiger partial charge in [0, 0.05) is 21.3 Å². The molecule has 0 aromatic carbocycles. The zero-order valence-electron chi connectivity index (χ0n) is 10.0. The summed E-state index contributed by atoms with van der Waals surface area (Å²) in [4.78, 5) is 0. The van der Waals surface area contributed by atoms with Crippen LogP contribution in [0.1, 0.15) is 46.5 Å². The molecule has 2 nitrogen and oxygen atoms in total. The Hall–Kier alpha value is -0.310. The molecule has 1 rings (SSSR count). The second-order valence-electron chi connectivity index (χ2n) is 4.77. The Kier molecular flexibility index (Phi) is 4.84. The Balaban J connectivity index is 2.35.